The molecule has 1 aromatic heterocycles. The fraction of sp³-hybridized carbons (Fsp3) is 0.333. The van der Waals surface area contributed by atoms with Crippen LogP contribution in [0.5, 0.6) is 11.5 Å². The van der Waals surface area contributed by atoms with E-state index in [-0.39, 0.29) is 5.91 Å². The summed E-state index contributed by atoms with van der Waals surface area (Å²) in [5.74, 6) is 1.32. The number of rotatable bonds is 6. The van der Waals surface area contributed by atoms with Gasteiger partial charge in [-0.05, 0) is 37.3 Å². The molecule has 21 heavy (non-hydrogen) atoms. The number of nitrogens with zero attached hydrogens (tertiary/aromatic N) is 2. The fourth-order valence-corrected chi connectivity index (χ4v) is 1.77. The second kappa shape index (κ2) is 6.78. The molecule has 0 aliphatic heterocycles. The first kappa shape index (κ1) is 14.9. The lowest BCUT2D eigenvalue weighted by molar-refractivity contribution is 0.0941. The van der Waals surface area contributed by atoms with E-state index in [1.54, 1.807) is 24.9 Å². The monoisotopic (exact) mass is 289 g/mol. The van der Waals surface area contributed by atoms with Gasteiger partial charge in [-0.2, -0.15) is 5.10 Å². The van der Waals surface area contributed by atoms with Gasteiger partial charge in [-0.25, -0.2) is 0 Å². The number of hydrogen-bond donors (Lipinski definition) is 1. The molecule has 0 saturated heterocycles. The van der Waals surface area contributed by atoms with Crippen molar-refractivity contribution in [1.82, 2.24) is 15.1 Å². The van der Waals surface area contributed by atoms with Crippen LogP contribution >= 0.6 is 0 Å². The Hall–Kier alpha value is -2.50. The highest BCUT2D eigenvalue weighted by Gasteiger charge is 2.09. The number of methoxy groups -OCH3 is 1. The second-order valence-electron chi connectivity index (χ2n) is 4.57. The van der Waals surface area contributed by atoms with E-state index in [4.69, 9.17) is 9.47 Å². The van der Waals surface area contributed by atoms with Gasteiger partial charge in [0.1, 0.15) is 23.8 Å². The number of ether oxygens (including phenoxy) is 2. The maximum Gasteiger partial charge on any atom is 0.271 e. The molecule has 0 fully saturated rings. The maximum atomic E-state index is 11.8. The first-order valence-electron chi connectivity index (χ1n) is 6.66. The molecule has 0 unspecified atom stereocenters. The van der Waals surface area contributed by atoms with Crippen LogP contribution in [-0.4, -0.2) is 35.9 Å². The summed E-state index contributed by atoms with van der Waals surface area (Å²) in [6, 6.07) is 9.04. The van der Waals surface area contributed by atoms with E-state index in [1.807, 2.05) is 31.2 Å². The van der Waals surface area contributed by atoms with Crippen LogP contribution in [0.1, 0.15) is 16.2 Å². The Kier molecular flexibility index (Phi) is 4.81. The highest BCUT2D eigenvalue weighted by molar-refractivity contribution is 5.92. The molecule has 1 aromatic carbocycles. The molecule has 1 amide bonds. The first-order chi connectivity index (χ1) is 10.1. The van der Waals surface area contributed by atoms with Crippen LogP contribution in [0.3, 0.4) is 0 Å². The highest BCUT2D eigenvalue weighted by atomic mass is 16.5. The lowest BCUT2D eigenvalue weighted by Crippen LogP contribution is -2.28. The first-order valence-corrected chi connectivity index (χ1v) is 6.66. The zero-order valence-corrected chi connectivity index (χ0v) is 12.4. The van der Waals surface area contributed by atoms with Gasteiger partial charge in [0.15, 0.2) is 0 Å². The molecule has 2 aromatic rings. The third kappa shape index (κ3) is 3.98. The summed E-state index contributed by atoms with van der Waals surface area (Å²) in [4.78, 5) is 11.8. The van der Waals surface area contributed by atoms with E-state index in [0.29, 0.717) is 18.8 Å². The molecule has 1 heterocycles. The maximum absolute atomic E-state index is 11.8. The van der Waals surface area contributed by atoms with Gasteiger partial charge >= 0.3 is 0 Å². The number of carbonyl (C=O) groups excluding carboxylic acids is 1. The molecule has 1 N–H and O–H groups in total. The van der Waals surface area contributed by atoms with Crippen molar-refractivity contribution in [2.75, 3.05) is 20.3 Å². The number of hydrogen-bond acceptors (Lipinski definition) is 4. The molecule has 0 atom stereocenters. The smallest absolute Gasteiger partial charge is 0.271 e. The minimum atomic E-state index is -0.197. The number of aryl methyl sites for hydroxylation is 2. The van der Waals surface area contributed by atoms with Gasteiger partial charge in [0.05, 0.1) is 13.7 Å². The van der Waals surface area contributed by atoms with Crippen molar-refractivity contribution in [1.29, 1.82) is 0 Å². The van der Waals surface area contributed by atoms with Crippen LogP contribution in [0.15, 0.2) is 30.3 Å². The van der Waals surface area contributed by atoms with Crippen LogP contribution in [0.2, 0.25) is 0 Å². The van der Waals surface area contributed by atoms with Crippen molar-refractivity contribution in [2.45, 2.75) is 6.92 Å². The molecule has 6 nitrogen and oxygen atoms in total. The predicted molar refractivity (Wildman–Crippen MR) is 78.8 cm³/mol. The van der Waals surface area contributed by atoms with Crippen LogP contribution in [0, 0.1) is 6.92 Å². The molecule has 0 spiro atoms. The Bertz CT molecular complexity index is 586. The summed E-state index contributed by atoms with van der Waals surface area (Å²) in [5.41, 5.74) is 1.36. The fourth-order valence-electron chi connectivity index (χ4n) is 1.77. The Morgan fingerprint density at radius 1 is 1.29 bits per heavy atom. The minimum absolute atomic E-state index is 0.197. The van der Waals surface area contributed by atoms with Gasteiger partial charge < -0.3 is 14.8 Å². The largest absolute Gasteiger partial charge is 0.497 e. The topological polar surface area (TPSA) is 65.4 Å². The van der Waals surface area contributed by atoms with Crippen molar-refractivity contribution in [3.63, 3.8) is 0 Å². The molecule has 0 aliphatic rings. The molecule has 0 aliphatic carbocycles. The quantitative estimate of drug-likeness (QED) is 0.819. The Labute approximate surface area is 123 Å². The van der Waals surface area contributed by atoms with Gasteiger partial charge in [0.2, 0.25) is 0 Å². The van der Waals surface area contributed by atoms with Gasteiger partial charge in [0, 0.05) is 12.7 Å². The van der Waals surface area contributed by atoms with Crippen molar-refractivity contribution < 1.29 is 14.3 Å². The zero-order chi connectivity index (χ0) is 15.2. The van der Waals surface area contributed by atoms with E-state index in [9.17, 15) is 4.79 Å². The molecule has 112 valence electrons. The average molecular weight is 289 g/mol. The summed E-state index contributed by atoms with van der Waals surface area (Å²) in [7, 11) is 3.42. The lowest BCUT2D eigenvalue weighted by atomic mass is 10.3. The zero-order valence-electron chi connectivity index (χ0n) is 12.4. The van der Waals surface area contributed by atoms with Crippen LogP contribution in [0.4, 0.5) is 0 Å². The number of carbonyl (C=O) groups is 1. The standard InChI is InChI=1S/C15H19N3O3/c1-11-10-14(17-18(11)2)15(19)16-8-9-21-13-6-4-12(20-3)5-7-13/h4-7,10H,8-9H2,1-3H3,(H,16,19). The normalized spacial score (nSPS) is 10.2. The van der Waals surface area contributed by atoms with E-state index >= 15 is 0 Å². The van der Waals surface area contributed by atoms with Gasteiger partial charge in [-0.3, -0.25) is 9.48 Å². The summed E-state index contributed by atoms with van der Waals surface area (Å²) in [6.45, 7) is 2.71. The Balaban J connectivity index is 1.75. The van der Waals surface area contributed by atoms with Crippen molar-refractivity contribution in [3.05, 3.63) is 41.7 Å². The molecule has 6 heteroatoms. The summed E-state index contributed by atoms with van der Waals surface area (Å²) < 4.78 is 12.3. The van der Waals surface area contributed by atoms with Crippen molar-refractivity contribution >= 4 is 5.91 Å². The van der Waals surface area contributed by atoms with Gasteiger partial charge in [-0.15, -0.1) is 0 Å². The van der Waals surface area contributed by atoms with E-state index in [0.717, 1.165) is 17.2 Å². The molecular formula is C15H19N3O3. The van der Waals surface area contributed by atoms with Gasteiger partial charge in [-0.1, -0.05) is 0 Å². The molecule has 2 rings (SSSR count). The highest BCUT2D eigenvalue weighted by Crippen LogP contribution is 2.16. The number of aromatic nitrogens is 2. The third-order valence-electron chi connectivity index (χ3n) is 3.06. The Morgan fingerprint density at radius 2 is 1.95 bits per heavy atom. The third-order valence-corrected chi connectivity index (χ3v) is 3.06. The molecule has 0 bridgehead atoms. The van der Waals surface area contributed by atoms with E-state index < -0.39 is 0 Å². The predicted octanol–water partition coefficient (Wildman–Crippen LogP) is 1.55. The van der Waals surface area contributed by atoms with Crippen LogP contribution in [0.25, 0.3) is 0 Å². The summed E-state index contributed by atoms with van der Waals surface area (Å²) in [6.07, 6.45) is 0. The molecule has 0 saturated carbocycles. The van der Waals surface area contributed by atoms with Crippen molar-refractivity contribution in [3.8, 4) is 11.5 Å². The average Bonchev–Trinajstić information content (AvgIpc) is 2.84. The summed E-state index contributed by atoms with van der Waals surface area (Å²) in [5, 5.41) is 6.88. The second-order valence-corrected chi connectivity index (χ2v) is 4.57. The summed E-state index contributed by atoms with van der Waals surface area (Å²) >= 11 is 0. The van der Waals surface area contributed by atoms with Crippen molar-refractivity contribution in [2.24, 2.45) is 7.05 Å². The number of benzene rings is 1. The van der Waals surface area contributed by atoms with Crippen LogP contribution < -0.4 is 14.8 Å². The minimum Gasteiger partial charge on any atom is -0.497 e. The lowest BCUT2D eigenvalue weighted by Gasteiger charge is -2.07. The van der Waals surface area contributed by atoms with E-state index in [2.05, 4.69) is 10.4 Å². The van der Waals surface area contributed by atoms with E-state index in [1.165, 1.54) is 0 Å². The number of amides is 1. The van der Waals surface area contributed by atoms with Gasteiger partial charge in [0.25, 0.3) is 5.91 Å². The van der Waals surface area contributed by atoms with Crippen LogP contribution in [-0.2, 0) is 7.05 Å². The Morgan fingerprint density at radius 3 is 2.52 bits per heavy atom. The molecular weight excluding hydrogens is 270 g/mol. The molecule has 0 radical (unpaired) electrons. The SMILES string of the molecule is COc1ccc(OCCNC(=O)c2cc(C)n(C)n2)cc1. The number of nitrogens with one attached hydrogen (secondary N) is 1.